The molecule has 3 heterocycles. The summed E-state index contributed by atoms with van der Waals surface area (Å²) >= 11 is 13.4. The Morgan fingerprint density at radius 1 is 1.16 bits per heavy atom. The lowest BCUT2D eigenvalue weighted by Gasteiger charge is -2.07. The van der Waals surface area contributed by atoms with Gasteiger partial charge in [0.05, 0.1) is 27.2 Å². The molecule has 160 valence electrons. The standard InChI is InChI=1S/C20H17Cl2N5O3S/c1-2-29-15-9-16(31-18(15)19-26-20(28)30-27-19)14-8-17(25-10-24-14)23-6-5-11-3-4-12(21)13(22)7-11/h3-4,7-10H,2,5-6H2,1H3,(H,23,24,25)(H,26,27,28). The third-order valence-corrected chi connectivity index (χ3v) is 6.11. The summed E-state index contributed by atoms with van der Waals surface area (Å²) in [5, 5.41) is 17.5. The fourth-order valence-electron chi connectivity index (χ4n) is 2.85. The van der Waals surface area contributed by atoms with Gasteiger partial charge in [-0.05, 0) is 31.0 Å². The van der Waals surface area contributed by atoms with E-state index >= 15 is 0 Å². The van der Waals surface area contributed by atoms with Crippen LogP contribution in [0.15, 0.2) is 41.2 Å². The molecule has 0 fully saturated rings. The second-order valence-corrected chi connectivity index (χ2v) is 8.22. The maximum Gasteiger partial charge on any atom is 0.415 e. The van der Waals surface area contributed by atoms with Gasteiger partial charge in [-0.2, -0.15) is 4.98 Å². The molecule has 0 bridgehead atoms. The van der Waals surface area contributed by atoms with Gasteiger partial charge in [0.25, 0.3) is 0 Å². The molecule has 0 spiro atoms. The summed E-state index contributed by atoms with van der Waals surface area (Å²) in [5.41, 5.74) is 1.79. The predicted molar refractivity (Wildman–Crippen MR) is 120 cm³/mol. The van der Waals surface area contributed by atoms with Crippen molar-refractivity contribution in [3.05, 3.63) is 52.3 Å². The smallest absolute Gasteiger partial charge is 0.415 e. The van der Waals surface area contributed by atoms with E-state index in [0.29, 0.717) is 39.6 Å². The van der Waals surface area contributed by atoms with Crippen molar-refractivity contribution < 1.29 is 14.4 Å². The summed E-state index contributed by atoms with van der Waals surface area (Å²) < 4.78 is 10.4. The van der Waals surface area contributed by atoms with Crippen molar-refractivity contribution in [2.24, 2.45) is 0 Å². The Kier molecular flexibility index (Phi) is 6.55. The second kappa shape index (κ2) is 9.51. The third kappa shape index (κ3) is 5.07. The number of aromatic nitrogens is 4. The molecular weight excluding hydrogens is 461 g/mol. The van der Waals surface area contributed by atoms with Crippen molar-refractivity contribution in [2.45, 2.75) is 13.3 Å². The van der Waals surface area contributed by atoms with Crippen LogP contribution in [0.2, 0.25) is 10.0 Å². The van der Waals surface area contributed by atoms with Crippen LogP contribution in [0.5, 0.6) is 11.8 Å². The van der Waals surface area contributed by atoms with Gasteiger partial charge in [-0.3, -0.25) is 4.52 Å². The maximum atomic E-state index is 9.37. The molecule has 0 radical (unpaired) electrons. The molecular formula is C20H17Cl2N5O3S. The summed E-state index contributed by atoms with van der Waals surface area (Å²) in [4.78, 5) is 14.0. The highest BCUT2D eigenvalue weighted by molar-refractivity contribution is 7.19. The molecule has 0 unspecified atom stereocenters. The van der Waals surface area contributed by atoms with Gasteiger partial charge >= 0.3 is 6.08 Å². The highest BCUT2D eigenvalue weighted by Crippen LogP contribution is 2.41. The molecule has 0 amide bonds. The zero-order valence-electron chi connectivity index (χ0n) is 16.3. The van der Waals surface area contributed by atoms with Gasteiger partial charge in [0.1, 0.15) is 22.8 Å². The number of hydrogen-bond acceptors (Lipinski definition) is 9. The molecule has 0 aliphatic rings. The first kappa shape index (κ1) is 21.4. The van der Waals surface area contributed by atoms with Crippen molar-refractivity contribution in [1.29, 1.82) is 0 Å². The lowest BCUT2D eigenvalue weighted by atomic mass is 10.1. The topological polar surface area (TPSA) is 106 Å². The Hall–Kier alpha value is -2.88. The van der Waals surface area contributed by atoms with Gasteiger partial charge in [0.15, 0.2) is 0 Å². The number of thiophene rings is 1. The van der Waals surface area contributed by atoms with Crippen molar-refractivity contribution in [1.82, 2.24) is 20.1 Å². The number of halogens is 2. The van der Waals surface area contributed by atoms with E-state index in [-0.39, 0.29) is 5.82 Å². The van der Waals surface area contributed by atoms with Crippen LogP contribution in [-0.2, 0) is 6.42 Å². The summed E-state index contributed by atoms with van der Waals surface area (Å²) in [7, 11) is 0. The highest BCUT2D eigenvalue weighted by atomic mass is 35.5. The van der Waals surface area contributed by atoms with Gasteiger partial charge in [-0.25, -0.2) is 9.97 Å². The average Bonchev–Trinajstić information content (AvgIpc) is 3.37. The van der Waals surface area contributed by atoms with E-state index in [1.165, 1.54) is 17.7 Å². The third-order valence-electron chi connectivity index (χ3n) is 4.24. The Morgan fingerprint density at radius 3 is 2.77 bits per heavy atom. The average molecular weight is 478 g/mol. The Bertz CT molecular complexity index is 1200. The van der Waals surface area contributed by atoms with E-state index in [9.17, 15) is 5.11 Å². The van der Waals surface area contributed by atoms with Crippen LogP contribution in [0.4, 0.5) is 5.82 Å². The lowest BCUT2D eigenvalue weighted by Crippen LogP contribution is -2.06. The van der Waals surface area contributed by atoms with E-state index in [1.807, 2.05) is 31.2 Å². The minimum Gasteiger partial charge on any atom is -0.492 e. The van der Waals surface area contributed by atoms with Crippen LogP contribution in [0.3, 0.4) is 0 Å². The fourth-order valence-corrected chi connectivity index (χ4v) is 4.16. The molecule has 1 aromatic carbocycles. The molecule has 8 nitrogen and oxygen atoms in total. The Labute approximate surface area is 191 Å². The number of ether oxygens (including phenoxy) is 1. The van der Waals surface area contributed by atoms with Crippen molar-refractivity contribution in [2.75, 3.05) is 18.5 Å². The maximum absolute atomic E-state index is 9.37. The molecule has 3 aromatic heterocycles. The van der Waals surface area contributed by atoms with Crippen LogP contribution in [0, 0.1) is 0 Å². The fraction of sp³-hybridized carbons (Fsp3) is 0.200. The van der Waals surface area contributed by atoms with Crippen LogP contribution in [0.25, 0.3) is 21.3 Å². The van der Waals surface area contributed by atoms with Crippen LogP contribution < -0.4 is 10.1 Å². The number of anilines is 1. The molecule has 31 heavy (non-hydrogen) atoms. The predicted octanol–water partition coefficient (Wildman–Crippen LogP) is 5.32. The van der Waals surface area contributed by atoms with E-state index in [4.69, 9.17) is 27.9 Å². The number of nitrogens with one attached hydrogen (secondary N) is 1. The number of benzene rings is 1. The SMILES string of the molecule is CCOc1cc(-c2cc(NCCc3ccc(Cl)c(Cl)c3)ncn2)sc1-c1noc(O)n1. The molecule has 11 heteroatoms. The van der Waals surface area contributed by atoms with E-state index in [0.717, 1.165) is 22.6 Å². The lowest BCUT2D eigenvalue weighted by molar-refractivity contribution is 0.267. The summed E-state index contributed by atoms with van der Waals surface area (Å²) in [6, 6.07) is 9.30. The van der Waals surface area contributed by atoms with Crippen LogP contribution in [-0.4, -0.2) is 38.4 Å². The van der Waals surface area contributed by atoms with Gasteiger partial charge in [-0.15, -0.1) is 11.3 Å². The van der Waals surface area contributed by atoms with Gasteiger partial charge < -0.3 is 15.2 Å². The molecule has 2 N–H and O–H groups in total. The molecule has 0 aliphatic heterocycles. The van der Waals surface area contributed by atoms with Crippen LogP contribution in [0.1, 0.15) is 12.5 Å². The van der Waals surface area contributed by atoms with Gasteiger partial charge in [0, 0.05) is 18.7 Å². The van der Waals surface area contributed by atoms with E-state index < -0.39 is 6.08 Å². The number of aromatic hydroxyl groups is 1. The molecule has 0 saturated heterocycles. The number of nitrogens with zero attached hydrogens (tertiary/aromatic N) is 4. The minimum absolute atomic E-state index is 0.256. The summed E-state index contributed by atoms with van der Waals surface area (Å²) in [5.74, 6) is 1.54. The first-order valence-electron chi connectivity index (χ1n) is 9.33. The zero-order chi connectivity index (χ0) is 21.8. The minimum atomic E-state index is -0.497. The number of hydrogen-bond donors (Lipinski definition) is 2. The molecule has 0 aliphatic carbocycles. The van der Waals surface area contributed by atoms with E-state index in [1.54, 1.807) is 6.07 Å². The largest absolute Gasteiger partial charge is 0.492 e. The van der Waals surface area contributed by atoms with Crippen molar-refractivity contribution >= 4 is 40.4 Å². The first-order chi connectivity index (χ1) is 15.0. The molecule has 0 saturated carbocycles. The Balaban J connectivity index is 1.50. The summed E-state index contributed by atoms with van der Waals surface area (Å²) in [6.07, 6.45) is 1.76. The van der Waals surface area contributed by atoms with E-state index in [2.05, 4.69) is 29.9 Å². The second-order valence-electron chi connectivity index (χ2n) is 6.35. The first-order valence-corrected chi connectivity index (χ1v) is 10.9. The van der Waals surface area contributed by atoms with Crippen molar-refractivity contribution in [3.63, 3.8) is 0 Å². The van der Waals surface area contributed by atoms with Crippen molar-refractivity contribution in [3.8, 4) is 33.1 Å². The molecule has 4 aromatic rings. The van der Waals surface area contributed by atoms with Gasteiger partial charge in [-0.1, -0.05) is 34.4 Å². The quantitative estimate of drug-likeness (QED) is 0.351. The van der Waals surface area contributed by atoms with Gasteiger partial charge in [0.2, 0.25) is 5.82 Å². The summed E-state index contributed by atoms with van der Waals surface area (Å²) in [6.45, 7) is 3.02. The number of rotatable bonds is 8. The normalized spacial score (nSPS) is 10.9. The highest BCUT2D eigenvalue weighted by Gasteiger charge is 2.19. The monoisotopic (exact) mass is 477 g/mol. The Morgan fingerprint density at radius 2 is 2.03 bits per heavy atom. The molecule has 0 atom stereocenters. The molecule has 4 rings (SSSR count). The zero-order valence-corrected chi connectivity index (χ0v) is 18.6. The van der Waals surface area contributed by atoms with Crippen LogP contribution >= 0.6 is 34.5 Å².